The van der Waals surface area contributed by atoms with Crippen LogP contribution in [0.3, 0.4) is 0 Å². The highest BCUT2D eigenvalue weighted by Crippen LogP contribution is 2.30. The van der Waals surface area contributed by atoms with E-state index in [2.05, 4.69) is 15.2 Å². The molecule has 0 unspecified atom stereocenters. The first-order chi connectivity index (χ1) is 10.6. The first-order valence-corrected chi connectivity index (χ1v) is 8.10. The molecular formula is C16H14ClN3OS. The predicted molar refractivity (Wildman–Crippen MR) is 89.4 cm³/mol. The molecule has 4 nitrogen and oxygen atoms in total. The maximum Gasteiger partial charge on any atom is 0.244 e. The second kappa shape index (κ2) is 6.42. The van der Waals surface area contributed by atoms with E-state index in [1.54, 1.807) is 11.3 Å². The summed E-state index contributed by atoms with van der Waals surface area (Å²) in [6.07, 6.45) is -0.000985. The van der Waals surface area contributed by atoms with Crippen molar-refractivity contribution in [3.63, 3.8) is 0 Å². The number of benzene rings is 1. The molecule has 0 radical (unpaired) electrons. The lowest BCUT2D eigenvalue weighted by atomic mass is 10.1. The minimum atomic E-state index is -0.000985. The average Bonchev–Trinajstić information content (AvgIpc) is 3.02. The lowest BCUT2D eigenvalue weighted by molar-refractivity contribution is 0.232. The Balaban J connectivity index is 2.07. The van der Waals surface area contributed by atoms with Crippen LogP contribution < -0.4 is 4.74 Å². The maximum absolute atomic E-state index is 5.93. The molecule has 0 aliphatic heterocycles. The van der Waals surface area contributed by atoms with E-state index in [9.17, 15) is 0 Å². The Hall–Kier alpha value is -1.98. The standard InChI is InChI=1S/C16H14ClN3OS/c1-10(2)21-16-14(11-5-7-12(17)8-6-11)19-20-15(18-16)13-4-3-9-22-13/h3-10H,1-2H3. The zero-order valence-corrected chi connectivity index (χ0v) is 13.7. The van der Waals surface area contributed by atoms with Crippen LogP contribution in [0.25, 0.3) is 22.0 Å². The van der Waals surface area contributed by atoms with Crippen LogP contribution >= 0.6 is 22.9 Å². The zero-order chi connectivity index (χ0) is 15.5. The van der Waals surface area contributed by atoms with Crippen molar-refractivity contribution in [2.45, 2.75) is 20.0 Å². The Morgan fingerprint density at radius 3 is 2.50 bits per heavy atom. The van der Waals surface area contributed by atoms with E-state index in [0.717, 1.165) is 10.4 Å². The van der Waals surface area contributed by atoms with Crippen molar-refractivity contribution < 1.29 is 4.74 Å². The molecule has 0 atom stereocenters. The Morgan fingerprint density at radius 2 is 1.86 bits per heavy atom. The summed E-state index contributed by atoms with van der Waals surface area (Å²) in [4.78, 5) is 5.50. The Morgan fingerprint density at radius 1 is 1.09 bits per heavy atom. The van der Waals surface area contributed by atoms with Crippen molar-refractivity contribution in [2.75, 3.05) is 0 Å². The highest BCUT2D eigenvalue weighted by atomic mass is 35.5. The lowest BCUT2D eigenvalue weighted by Crippen LogP contribution is -2.10. The van der Waals surface area contributed by atoms with Gasteiger partial charge in [-0.05, 0) is 37.4 Å². The van der Waals surface area contributed by atoms with Gasteiger partial charge >= 0.3 is 0 Å². The van der Waals surface area contributed by atoms with Crippen LogP contribution in [0.2, 0.25) is 5.02 Å². The molecule has 0 spiro atoms. The predicted octanol–water partition coefficient (Wildman–Crippen LogP) is 4.71. The summed E-state index contributed by atoms with van der Waals surface area (Å²) in [6, 6.07) is 11.3. The second-order valence-electron chi connectivity index (χ2n) is 4.94. The van der Waals surface area contributed by atoms with Crippen molar-refractivity contribution in [3.8, 4) is 27.8 Å². The topological polar surface area (TPSA) is 47.9 Å². The van der Waals surface area contributed by atoms with E-state index >= 15 is 0 Å². The first kappa shape index (κ1) is 14.9. The van der Waals surface area contributed by atoms with Crippen molar-refractivity contribution in [1.82, 2.24) is 15.2 Å². The summed E-state index contributed by atoms with van der Waals surface area (Å²) in [7, 11) is 0. The van der Waals surface area contributed by atoms with Crippen molar-refractivity contribution in [1.29, 1.82) is 0 Å². The number of hydrogen-bond donors (Lipinski definition) is 0. The molecular weight excluding hydrogens is 318 g/mol. The van der Waals surface area contributed by atoms with Gasteiger partial charge in [-0.25, -0.2) is 0 Å². The van der Waals surface area contributed by atoms with Gasteiger partial charge < -0.3 is 4.74 Å². The van der Waals surface area contributed by atoms with Crippen LogP contribution in [0, 0.1) is 0 Å². The van der Waals surface area contributed by atoms with Gasteiger partial charge in [-0.1, -0.05) is 29.8 Å². The van der Waals surface area contributed by atoms with Gasteiger partial charge in [0.25, 0.3) is 0 Å². The molecule has 0 amide bonds. The van der Waals surface area contributed by atoms with Gasteiger partial charge in [-0.3, -0.25) is 0 Å². The molecule has 6 heteroatoms. The van der Waals surface area contributed by atoms with Crippen molar-refractivity contribution in [2.24, 2.45) is 0 Å². The SMILES string of the molecule is CC(C)Oc1nc(-c2cccs2)nnc1-c1ccc(Cl)cc1. The van der Waals surface area contributed by atoms with Gasteiger partial charge in [0.2, 0.25) is 5.88 Å². The molecule has 2 aromatic heterocycles. The molecule has 0 N–H and O–H groups in total. The number of ether oxygens (including phenoxy) is 1. The normalized spacial score (nSPS) is 10.9. The number of aromatic nitrogens is 3. The number of nitrogens with zero attached hydrogens (tertiary/aromatic N) is 3. The van der Waals surface area contributed by atoms with Crippen LogP contribution in [0.1, 0.15) is 13.8 Å². The third kappa shape index (κ3) is 3.26. The van der Waals surface area contributed by atoms with Gasteiger partial charge in [-0.15, -0.1) is 21.5 Å². The van der Waals surface area contributed by atoms with Gasteiger partial charge in [-0.2, -0.15) is 4.98 Å². The summed E-state index contributed by atoms with van der Waals surface area (Å²) in [5.41, 5.74) is 1.49. The third-order valence-electron chi connectivity index (χ3n) is 2.86. The van der Waals surface area contributed by atoms with E-state index < -0.39 is 0 Å². The summed E-state index contributed by atoms with van der Waals surface area (Å²) in [5, 5.41) is 11.2. The summed E-state index contributed by atoms with van der Waals surface area (Å²) < 4.78 is 5.83. The fourth-order valence-electron chi connectivity index (χ4n) is 1.92. The van der Waals surface area contributed by atoms with Gasteiger partial charge in [0.15, 0.2) is 11.5 Å². The molecule has 0 aliphatic carbocycles. The zero-order valence-electron chi connectivity index (χ0n) is 12.2. The van der Waals surface area contributed by atoms with Crippen molar-refractivity contribution in [3.05, 3.63) is 46.8 Å². The third-order valence-corrected chi connectivity index (χ3v) is 3.98. The molecule has 0 saturated heterocycles. The number of halogens is 1. The molecule has 0 bridgehead atoms. The summed E-state index contributed by atoms with van der Waals surface area (Å²) in [6.45, 7) is 3.91. The molecule has 22 heavy (non-hydrogen) atoms. The summed E-state index contributed by atoms with van der Waals surface area (Å²) in [5.74, 6) is 1.05. The first-order valence-electron chi connectivity index (χ1n) is 6.84. The molecule has 2 heterocycles. The fourth-order valence-corrected chi connectivity index (χ4v) is 2.69. The Kier molecular flexibility index (Phi) is 4.36. The average molecular weight is 332 g/mol. The minimum absolute atomic E-state index is 0.000985. The second-order valence-corrected chi connectivity index (χ2v) is 6.32. The van der Waals surface area contributed by atoms with E-state index in [-0.39, 0.29) is 6.10 Å². The van der Waals surface area contributed by atoms with E-state index in [1.165, 1.54) is 0 Å². The van der Waals surface area contributed by atoms with Crippen molar-refractivity contribution >= 4 is 22.9 Å². The fraction of sp³-hybridized carbons (Fsp3) is 0.188. The Bertz CT molecular complexity index is 758. The highest BCUT2D eigenvalue weighted by Gasteiger charge is 2.15. The lowest BCUT2D eigenvalue weighted by Gasteiger charge is -2.12. The summed E-state index contributed by atoms with van der Waals surface area (Å²) >= 11 is 7.50. The van der Waals surface area contributed by atoms with Crippen LogP contribution in [0.5, 0.6) is 5.88 Å². The van der Waals surface area contributed by atoms with Crippen LogP contribution in [-0.4, -0.2) is 21.3 Å². The molecule has 0 aliphatic rings. The molecule has 0 fully saturated rings. The molecule has 3 rings (SSSR count). The van der Waals surface area contributed by atoms with Gasteiger partial charge in [0.1, 0.15) is 0 Å². The highest BCUT2D eigenvalue weighted by molar-refractivity contribution is 7.13. The van der Waals surface area contributed by atoms with Crippen LogP contribution in [0.4, 0.5) is 0 Å². The van der Waals surface area contributed by atoms with E-state index in [0.29, 0.717) is 22.4 Å². The van der Waals surface area contributed by atoms with Gasteiger partial charge in [0, 0.05) is 10.6 Å². The van der Waals surface area contributed by atoms with Crippen LogP contribution in [0.15, 0.2) is 41.8 Å². The molecule has 3 aromatic rings. The number of thiophene rings is 1. The van der Waals surface area contributed by atoms with E-state index in [1.807, 2.05) is 55.6 Å². The quantitative estimate of drug-likeness (QED) is 0.694. The monoisotopic (exact) mass is 331 g/mol. The smallest absolute Gasteiger partial charge is 0.244 e. The molecule has 1 aromatic carbocycles. The van der Waals surface area contributed by atoms with E-state index in [4.69, 9.17) is 16.3 Å². The van der Waals surface area contributed by atoms with Crippen LogP contribution in [-0.2, 0) is 0 Å². The van der Waals surface area contributed by atoms with Gasteiger partial charge in [0.05, 0.1) is 11.0 Å². The molecule has 0 saturated carbocycles. The maximum atomic E-state index is 5.93. The number of rotatable bonds is 4. The Labute approximate surface area is 137 Å². The molecule has 112 valence electrons. The number of hydrogen-bond acceptors (Lipinski definition) is 5. The minimum Gasteiger partial charge on any atom is -0.473 e. The largest absolute Gasteiger partial charge is 0.473 e.